The normalized spacial score (nSPS) is 14.6. The highest BCUT2D eigenvalue weighted by Crippen LogP contribution is 2.39. The van der Waals surface area contributed by atoms with Gasteiger partial charge in [-0.1, -0.05) is 0 Å². The van der Waals surface area contributed by atoms with E-state index in [0.29, 0.717) is 29.0 Å². The molecule has 2 aliphatic heterocycles. The molecular weight excluding hydrogens is 398 g/mol. The van der Waals surface area contributed by atoms with Gasteiger partial charge in [-0.3, -0.25) is 9.59 Å². The lowest BCUT2D eigenvalue weighted by atomic mass is 10.1. The molecule has 3 heterocycles. The monoisotopic (exact) mass is 414 g/mol. The first kappa shape index (κ1) is 18.4. The second kappa shape index (κ2) is 6.45. The summed E-state index contributed by atoms with van der Waals surface area (Å²) in [7, 11) is 1.45. The quantitative estimate of drug-likeness (QED) is 0.697. The van der Waals surface area contributed by atoms with Crippen LogP contribution in [0.4, 0.5) is 14.5 Å². The van der Waals surface area contributed by atoms with Crippen molar-refractivity contribution < 1.29 is 28.2 Å². The molecule has 0 unspecified atom stereocenters. The molecule has 0 atom stereocenters. The molecule has 1 amide bonds. The SMILES string of the molecule is COc1cc2c3c(c1)c(O)c(C(=O)N1CCc4cc(F)c(F)cc41)c(=O)n3CCO2. The Morgan fingerprint density at radius 1 is 1.17 bits per heavy atom. The minimum absolute atomic E-state index is 0.139. The molecule has 2 aliphatic rings. The van der Waals surface area contributed by atoms with Crippen molar-refractivity contribution in [3.63, 3.8) is 0 Å². The Morgan fingerprint density at radius 2 is 1.93 bits per heavy atom. The number of methoxy groups -OCH3 is 1. The van der Waals surface area contributed by atoms with Gasteiger partial charge < -0.3 is 24.0 Å². The average molecular weight is 414 g/mol. The van der Waals surface area contributed by atoms with Crippen LogP contribution in [0.25, 0.3) is 10.9 Å². The summed E-state index contributed by atoms with van der Waals surface area (Å²) >= 11 is 0. The zero-order chi connectivity index (χ0) is 21.2. The Labute approximate surface area is 168 Å². The summed E-state index contributed by atoms with van der Waals surface area (Å²) < 4.78 is 39.5. The number of hydrogen-bond donors (Lipinski definition) is 1. The lowest BCUT2D eigenvalue weighted by molar-refractivity contribution is 0.0984. The predicted octanol–water partition coefficient (Wildman–Crippen LogP) is 2.59. The molecule has 9 heteroatoms. The fourth-order valence-electron chi connectivity index (χ4n) is 4.12. The Kier molecular flexibility index (Phi) is 3.96. The number of rotatable bonds is 2. The molecule has 3 aromatic rings. The van der Waals surface area contributed by atoms with E-state index >= 15 is 0 Å². The van der Waals surface area contributed by atoms with Crippen LogP contribution in [0, 0.1) is 11.6 Å². The number of carbonyl (C=O) groups excluding carboxylic acids is 1. The predicted molar refractivity (Wildman–Crippen MR) is 104 cm³/mol. The smallest absolute Gasteiger partial charge is 0.267 e. The van der Waals surface area contributed by atoms with E-state index < -0.39 is 34.4 Å². The van der Waals surface area contributed by atoms with E-state index in [1.807, 2.05) is 0 Å². The Bertz CT molecular complexity index is 1300. The van der Waals surface area contributed by atoms with Crippen LogP contribution in [-0.4, -0.2) is 35.8 Å². The Hall–Kier alpha value is -3.62. The lowest BCUT2D eigenvalue weighted by Gasteiger charge is -2.24. The first-order valence-electron chi connectivity index (χ1n) is 9.30. The number of hydrogen-bond acceptors (Lipinski definition) is 5. The van der Waals surface area contributed by atoms with Crippen molar-refractivity contribution in [2.75, 3.05) is 25.2 Å². The molecule has 5 rings (SSSR count). The summed E-state index contributed by atoms with van der Waals surface area (Å²) in [6.07, 6.45) is 0.312. The highest BCUT2D eigenvalue weighted by atomic mass is 19.2. The van der Waals surface area contributed by atoms with Crippen LogP contribution >= 0.6 is 0 Å². The molecule has 30 heavy (non-hydrogen) atoms. The number of aromatic nitrogens is 1. The number of pyridine rings is 1. The topological polar surface area (TPSA) is 81.0 Å². The third kappa shape index (κ3) is 2.47. The number of carbonyl (C=O) groups is 1. The van der Waals surface area contributed by atoms with Crippen LogP contribution in [0.2, 0.25) is 0 Å². The maximum Gasteiger partial charge on any atom is 0.267 e. The molecule has 0 spiro atoms. The number of ether oxygens (including phenoxy) is 2. The van der Waals surface area contributed by atoms with Crippen molar-refractivity contribution >= 4 is 22.5 Å². The summed E-state index contributed by atoms with van der Waals surface area (Å²) in [6.45, 7) is 0.552. The van der Waals surface area contributed by atoms with Crippen molar-refractivity contribution in [1.29, 1.82) is 0 Å². The highest BCUT2D eigenvalue weighted by Gasteiger charge is 2.33. The van der Waals surface area contributed by atoms with E-state index in [-0.39, 0.29) is 30.8 Å². The largest absolute Gasteiger partial charge is 0.506 e. The Morgan fingerprint density at radius 3 is 2.70 bits per heavy atom. The number of anilines is 1. The second-order valence-electron chi connectivity index (χ2n) is 7.15. The van der Waals surface area contributed by atoms with E-state index in [1.165, 1.54) is 22.6 Å². The van der Waals surface area contributed by atoms with Gasteiger partial charge in [-0.05, 0) is 24.1 Å². The first-order valence-corrected chi connectivity index (χ1v) is 9.30. The van der Waals surface area contributed by atoms with Crippen molar-refractivity contribution in [2.45, 2.75) is 13.0 Å². The van der Waals surface area contributed by atoms with E-state index in [4.69, 9.17) is 9.47 Å². The molecular formula is C21H16F2N2O5. The van der Waals surface area contributed by atoms with Gasteiger partial charge in [0.25, 0.3) is 11.5 Å². The van der Waals surface area contributed by atoms with Gasteiger partial charge >= 0.3 is 0 Å². The summed E-state index contributed by atoms with van der Waals surface area (Å²) in [4.78, 5) is 27.6. The van der Waals surface area contributed by atoms with Crippen LogP contribution in [0.3, 0.4) is 0 Å². The number of benzene rings is 2. The van der Waals surface area contributed by atoms with Gasteiger partial charge in [-0.25, -0.2) is 8.78 Å². The van der Waals surface area contributed by atoms with Crippen molar-refractivity contribution in [3.05, 3.63) is 57.4 Å². The molecule has 7 nitrogen and oxygen atoms in total. The van der Waals surface area contributed by atoms with Gasteiger partial charge in [0.05, 0.1) is 24.9 Å². The number of nitrogens with zero attached hydrogens (tertiary/aromatic N) is 2. The van der Waals surface area contributed by atoms with Gasteiger partial charge in [-0.2, -0.15) is 0 Å². The van der Waals surface area contributed by atoms with Crippen LogP contribution in [0.15, 0.2) is 29.1 Å². The first-order chi connectivity index (χ1) is 14.4. The van der Waals surface area contributed by atoms with Crippen LogP contribution in [0.1, 0.15) is 15.9 Å². The number of amides is 1. The summed E-state index contributed by atoms with van der Waals surface area (Å²) in [5.41, 5.74) is -0.0830. The molecule has 0 aliphatic carbocycles. The fraction of sp³-hybridized carbons (Fsp3) is 0.238. The summed E-state index contributed by atoms with van der Waals surface area (Å²) in [5, 5.41) is 11.1. The molecule has 0 fully saturated rings. The molecule has 1 N–H and O–H groups in total. The molecule has 2 aromatic carbocycles. The molecule has 0 saturated carbocycles. The van der Waals surface area contributed by atoms with Crippen molar-refractivity contribution in [1.82, 2.24) is 4.57 Å². The lowest BCUT2D eigenvalue weighted by Crippen LogP contribution is -2.37. The molecule has 0 radical (unpaired) electrons. The van der Waals surface area contributed by atoms with Crippen molar-refractivity contribution in [3.8, 4) is 17.2 Å². The highest BCUT2D eigenvalue weighted by molar-refractivity contribution is 6.12. The third-order valence-corrected chi connectivity index (χ3v) is 5.55. The van der Waals surface area contributed by atoms with E-state index in [1.54, 1.807) is 6.07 Å². The van der Waals surface area contributed by atoms with Crippen LogP contribution in [0.5, 0.6) is 17.2 Å². The van der Waals surface area contributed by atoms with Crippen LogP contribution in [-0.2, 0) is 13.0 Å². The van der Waals surface area contributed by atoms with E-state index in [0.717, 1.165) is 12.1 Å². The Balaban J connectivity index is 1.72. The van der Waals surface area contributed by atoms with Gasteiger partial charge in [0.1, 0.15) is 29.4 Å². The van der Waals surface area contributed by atoms with Crippen LogP contribution < -0.4 is 19.9 Å². The number of halogens is 2. The van der Waals surface area contributed by atoms with Gasteiger partial charge in [0.2, 0.25) is 0 Å². The van der Waals surface area contributed by atoms with E-state index in [2.05, 4.69) is 0 Å². The zero-order valence-electron chi connectivity index (χ0n) is 15.9. The van der Waals surface area contributed by atoms with Gasteiger partial charge in [0.15, 0.2) is 11.6 Å². The summed E-state index contributed by atoms with van der Waals surface area (Å²) in [5.74, 6) is -2.61. The summed E-state index contributed by atoms with van der Waals surface area (Å²) in [6, 6.07) is 5.10. The maximum absolute atomic E-state index is 13.8. The molecule has 0 saturated heterocycles. The maximum atomic E-state index is 13.8. The fourth-order valence-corrected chi connectivity index (χ4v) is 4.12. The van der Waals surface area contributed by atoms with Gasteiger partial charge in [-0.15, -0.1) is 0 Å². The second-order valence-corrected chi connectivity index (χ2v) is 7.15. The molecule has 154 valence electrons. The minimum atomic E-state index is -1.09. The van der Waals surface area contributed by atoms with Gasteiger partial charge in [0, 0.05) is 24.1 Å². The minimum Gasteiger partial charge on any atom is -0.506 e. The van der Waals surface area contributed by atoms with Crippen molar-refractivity contribution in [2.24, 2.45) is 0 Å². The average Bonchev–Trinajstić information content (AvgIpc) is 3.14. The molecule has 1 aromatic heterocycles. The zero-order valence-corrected chi connectivity index (χ0v) is 15.9. The standard InChI is InChI=1S/C21H16F2N2O5/c1-29-11-7-12-18-16(8-11)30-5-4-25(18)21(28)17(19(12)26)20(27)24-3-2-10-6-13(22)14(23)9-15(10)24/h6-9,26H,2-5H2,1H3. The number of fused-ring (bicyclic) bond motifs is 1. The number of aromatic hydroxyl groups is 1. The third-order valence-electron chi connectivity index (χ3n) is 5.55. The molecule has 0 bridgehead atoms. The van der Waals surface area contributed by atoms with E-state index in [9.17, 15) is 23.5 Å².